The van der Waals surface area contributed by atoms with Gasteiger partial charge in [0.1, 0.15) is 30.9 Å². The zero-order valence-electron chi connectivity index (χ0n) is 7.07. The topological polar surface area (TPSA) is 120 Å². The van der Waals surface area contributed by atoms with Gasteiger partial charge in [-0.1, -0.05) is 10.4 Å². The molecular weight excluding hydrogens is 180 g/mol. The van der Waals surface area contributed by atoms with Crippen LogP contribution >= 0.6 is 0 Å². The van der Waals surface area contributed by atoms with Crippen LogP contribution in [0.1, 0.15) is 6.92 Å². The van der Waals surface area contributed by atoms with Crippen molar-refractivity contribution < 1.29 is 15.3 Å². The van der Waals surface area contributed by atoms with Gasteiger partial charge in [-0.05, 0) is 6.92 Å². The smallest absolute Gasteiger partial charge is 0.118 e. The molecule has 0 saturated carbocycles. The summed E-state index contributed by atoms with van der Waals surface area (Å²) in [6.45, 7) is 0.742. The fourth-order valence-corrected chi connectivity index (χ4v) is 0.760. The Balaban J connectivity index is 4.14. The van der Waals surface area contributed by atoms with Crippen LogP contribution in [0.3, 0.4) is 0 Å². The molecule has 0 aromatic rings. The van der Waals surface area contributed by atoms with E-state index in [0.29, 0.717) is 0 Å². The monoisotopic (exact) mass is 192 g/mol. The zero-order chi connectivity index (χ0) is 10.4. The molecule has 0 aromatic carbocycles. The Morgan fingerprint density at radius 2 is 1.69 bits per heavy atom. The van der Waals surface area contributed by atoms with E-state index in [1.807, 2.05) is 0 Å². The highest BCUT2D eigenvalue weighted by molar-refractivity contribution is 4.83. The van der Waals surface area contributed by atoms with Crippen LogP contribution in [0, 0.1) is 9.81 Å². The van der Waals surface area contributed by atoms with Gasteiger partial charge in [-0.3, -0.25) is 0 Å². The van der Waals surface area contributed by atoms with E-state index < -0.39 is 30.9 Å². The van der Waals surface area contributed by atoms with Gasteiger partial charge in [0, 0.05) is 0 Å². The van der Waals surface area contributed by atoms with E-state index in [-0.39, 0.29) is 0 Å². The summed E-state index contributed by atoms with van der Waals surface area (Å²) in [7, 11) is 0. The molecule has 0 heterocycles. The minimum Gasteiger partial charge on any atom is -0.388 e. The van der Waals surface area contributed by atoms with E-state index in [0.717, 1.165) is 0 Å². The van der Waals surface area contributed by atoms with E-state index >= 15 is 0 Å². The van der Waals surface area contributed by atoms with Crippen LogP contribution in [0.25, 0.3) is 0 Å². The average Bonchev–Trinajstić information content (AvgIpc) is 2.14. The van der Waals surface area contributed by atoms with Crippen molar-refractivity contribution in [3.63, 3.8) is 0 Å². The first-order valence-electron chi connectivity index (χ1n) is 3.70. The molecule has 0 spiro atoms. The van der Waals surface area contributed by atoms with Crippen LogP contribution < -0.4 is 0 Å². The molecule has 4 unspecified atom stereocenters. The number of rotatable bonds is 6. The maximum absolute atomic E-state index is 9.94. The standard InChI is InChI=1S/C6H12N2O5/c1-3(8-13)5(10)6(11)4(9)2-7-12/h3-6,9-11H,2H2,1H3. The van der Waals surface area contributed by atoms with Gasteiger partial charge >= 0.3 is 0 Å². The molecule has 4 atom stereocenters. The quantitative estimate of drug-likeness (QED) is 0.466. The van der Waals surface area contributed by atoms with E-state index in [1.165, 1.54) is 6.92 Å². The second-order valence-electron chi connectivity index (χ2n) is 2.71. The number of aliphatic hydroxyl groups excluding tert-OH is 3. The molecule has 0 aliphatic carbocycles. The maximum Gasteiger partial charge on any atom is 0.118 e. The minimum absolute atomic E-state index is 0.538. The number of hydrogen-bond acceptors (Lipinski definition) is 7. The van der Waals surface area contributed by atoms with Gasteiger partial charge in [0.2, 0.25) is 0 Å². The van der Waals surface area contributed by atoms with Gasteiger partial charge in [-0.15, -0.1) is 0 Å². The van der Waals surface area contributed by atoms with Crippen molar-refractivity contribution in [2.45, 2.75) is 31.3 Å². The average molecular weight is 192 g/mol. The summed E-state index contributed by atoms with van der Waals surface area (Å²) < 4.78 is 0. The highest BCUT2D eigenvalue weighted by atomic mass is 16.4. The van der Waals surface area contributed by atoms with Crippen LogP contribution in [-0.4, -0.2) is 46.2 Å². The van der Waals surface area contributed by atoms with Crippen molar-refractivity contribution in [1.82, 2.24) is 0 Å². The highest BCUT2D eigenvalue weighted by Gasteiger charge is 2.29. The summed E-state index contributed by atoms with van der Waals surface area (Å²) in [6.07, 6.45) is -4.56. The Morgan fingerprint density at radius 3 is 2.08 bits per heavy atom. The van der Waals surface area contributed by atoms with Crippen molar-refractivity contribution >= 4 is 0 Å². The van der Waals surface area contributed by atoms with E-state index in [1.54, 1.807) is 0 Å². The number of aliphatic hydroxyl groups is 3. The van der Waals surface area contributed by atoms with Crippen molar-refractivity contribution in [3.8, 4) is 0 Å². The van der Waals surface area contributed by atoms with Crippen molar-refractivity contribution in [2.75, 3.05) is 6.54 Å². The Labute approximate surface area is 74.3 Å². The SMILES string of the molecule is CC(N=O)C(O)C(O)C(O)CN=O. The zero-order valence-corrected chi connectivity index (χ0v) is 7.07. The predicted molar refractivity (Wildman–Crippen MR) is 43.9 cm³/mol. The minimum atomic E-state index is -1.59. The molecule has 7 nitrogen and oxygen atoms in total. The Bertz CT molecular complexity index is 176. The molecule has 0 radical (unpaired) electrons. The molecule has 0 amide bonds. The normalized spacial score (nSPS) is 20.0. The first-order chi connectivity index (χ1) is 6.04. The molecule has 0 fully saturated rings. The van der Waals surface area contributed by atoms with Gasteiger partial charge in [0.25, 0.3) is 0 Å². The van der Waals surface area contributed by atoms with Crippen LogP contribution in [0.2, 0.25) is 0 Å². The highest BCUT2D eigenvalue weighted by Crippen LogP contribution is 2.07. The largest absolute Gasteiger partial charge is 0.388 e. The van der Waals surface area contributed by atoms with E-state index in [2.05, 4.69) is 10.4 Å². The first kappa shape index (κ1) is 12.1. The van der Waals surface area contributed by atoms with Gasteiger partial charge in [0.05, 0.1) is 0 Å². The predicted octanol–water partition coefficient (Wildman–Crippen LogP) is -1.01. The van der Waals surface area contributed by atoms with E-state index in [4.69, 9.17) is 15.3 Å². The third kappa shape index (κ3) is 3.53. The second kappa shape index (κ2) is 5.68. The molecule has 0 saturated heterocycles. The van der Waals surface area contributed by atoms with Crippen molar-refractivity contribution in [3.05, 3.63) is 9.81 Å². The number of nitrogens with zero attached hydrogens (tertiary/aromatic N) is 2. The molecular formula is C6H12N2O5. The van der Waals surface area contributed by atoms with Gasteiger partial charge in [0.15, 0.2) is 0 Å². The molecule has 0 aliphatic rings. The molecule has 3 N–H and O–H groups in total. The fourth-order valence-electron chi connectivity index (χ4n) is 0.760. The third-order valence-electron chi connectivity index (χ3n) is 1.67. The summed E-state index contributed by atoms with van der Waals surface area (Å²) in [4.78, 5) is 19.6. The first-order valence-corrected chi connectivity index (χ1v) is 3.70. The van der Waals surface area contributed by atoms with Crippen molar-refractivity contribution in [2.24, 2.45) is 10.4 Å². The molecule has 0 aromatic heterocycles. The lowest BCUT2D eigenvalue weighted by Gasteiger charge is -2.22. The van der Waals surface area contributed by atoms with Gasteiger partial charge in [-0.25, -0.2) is 0 Å². The van der Waals surface area contributed by atoms with Crippen LogP contribution in [-0.2, 0) is 0 Å². The van der Waals surface area contributed by atoms with Crippen LogP contribution in [0.5, 0.6) is 0 Å². The Kier molecular flexibility index (Phi) is 5.28. The molecule has 0 aliphatic heterocycles. The number of hydrogen-bond donors (Lipinski definition) is 3. The maximum atomic E-state index is 9.94. The summed E-state index contributed by atoms with van der Waals surface area (Å²) in [6, 6.07) is -1.05. The molecule has 7 heteroatoms. The second-order valence-corrected chi connectivity index (χ2v) is 2.71. The lowest BCUT2D eigenvalue weighted by Crippen LogP contribution is -2.43. The third-order valence-corrected chi connectivity index (χ3v) is 1.67. The van der Waals surface area contributed by atoms with Crippen molar-refractivity contribution in [1.29, 1.82) is 0 Å². The van der Waals surface area contributed by atoms with Crippen LogP contribution in [0.4, 0.5) is 0 Å². The molecule has 0 bridgehead atoms. The summed E-state index contributed by atoms with van der Waals surface area (Å²) in [5.41, 5.74) is 0. The van der Waals surface area contributed by atoms with E-state index in [9.17, 15) is 9.81 Å². The van der Waals surface area contributed by atoms with Crippen LogP contribution in [0.15, 0.2) is 10.4 Å². The summed E-state index contributed by atoms with van der Waals surface area (Å²) in [5, 5.41) is 32.1. The Morgan fingerprint density at radius 1 is 1.15 bits per heavy atom. The molecule has 76 valence electrons. The summed E-state index contributed by atoms with van der Waals surface area (Å²) in [5.74, 6) is 0. The van der Waals surface area contributed by atoms with Gasteiger partial charge < -0.3 is 15.3 Å². The number of nitroso groups, excluding NO2 is 2. The molecule has 13 heavy (non-hydrogen) atoms. The van der Waals surface area contributed by atoms with Gasteiger partial charge in [-0.2, -0.15) is 9.81 Å². The lowest BCUT2D eigenvalue weighted by atomic mass is 10.0. The fraction of sp³-hybridized carbons (Fsp3) is 1.00. The Hall–Kier alpha value is -0.920. The lowest BCUT2D eigenvalue weighted by molar-refractivity contribution is -0.0616. The summed E-state index contributed by atoms with van der Waals surface area (Å²) >= 11 is 0. The molecule has 0 rings (SSSR count).